The zero-order valence-corrected chi connectivity index (χ0v) is 19.5. The van der Waals surface area contributed by atoms with Gasteiger partial charge in [0.15, 0.2) is 11.6 Å². The molecule has 0 unspecified atom stereocenters. The van der Waals surface area contributed by atoms with Crippen molar-refractivity contribution in [2.75, 3.05) is 13.1 Å². The largest absolute Gasteiger partial charge is 0.434 e. The highest BCUT2D eigenvalue weighted by molar-refractivity contribution is 5.94. The van der Waals surface area contributed by atoms with Gasteiger partial charge in [0.2, 0.25) is 5.88 Å². The Bertz CT molecular complexity index is 1340. The van der Waals surface area contributed by atoms with Crippen LogP contribution >= 0.6 is 0 Å². The summed E-state index contributed by atoms with van der Waals surface area (Å²) < 4.78 is 22.0. The summed E-state index contributed by atoms with van der Waals surface area (Å²) in [4.78, 5) is 28.3. The third-order valence-electron chi connectivity index (χ3n) is 6.28. The molecule has 3 heterocycles. The molecule has 1 aliphatic heterocycles. The summed E-state index contributed by atoms with van der Waals surface area (Å²) >= 11 is 0. The van der Waals surface area contributed by atoms with Gasteiger partial charge in [-0.1, -0.05) is 24.3 Å². The number of benzene rings is 2. The van der Waals surface area contributed by atoms with E-state index in [1.807, 2.05) is 46.9 Å². The van der Waals surface area contributed by atoms with Crippen LogP contribution in [0.25, 0.3) is 0 Å². The van der Waals surface area contributed by atoms with E-state index >= 15 is 0 Å². The number of amides is 1. The van der Waals surface area contributed by atoms with Crippen molar-refractivity contribution < 1.29 is 13.9 Å². The number of carbonyl (C=O) groups is 1. The quantitative estimate of drug-likeness (QED) is 0.397. The van der Waals surface area contributed by atoms with Gasteiger partial charge in [-0.05, 0) is 49.6 Å². The first kappa shape index (κ1) is 22.7. The van der Waals surface area contributed by atoms with Gasteiger partial charge in [-0.25, -0.2) is 14.4 Å². The molecular weight excluding hydrogens is 445 g/mol. The van der Waals surface area contributed by atoms with Crippen molar-refractivity contribution in [1.82, 2.24) is 24.4 Å². The first-order valence-corrected chi connectivity index (χ1v) is 11.7. The summed E-state index contributed by atoms with van der Waals surface area (Å²) in [5.41, 5.74) is 2.33. The van der Waals surface area contributed by atoms with Crippen molar-refractivity contribution in [3.05, 3.63) is 102 Å². The fraction of sp³-hybridized carbons (Fsp3) is 0.259. The second-order valence-electron chi connectivity index (χ2n) is 8.67. The number of rotatable bonds is 6. The summed E-state index contributed by atoms with van der Waals surface area (Å²) in [7, 11) is 0. The first-order chi connectivity index (χ1) is 17.1. The molecule has 1 saturated heterocycles. The molecule has 7 nitrogen and oxygen atoms in total. The maximum absolute atomic E-state index is 14.1. The van der Waals surface area contributed by atoms with E-state index in [0.29, 0.717) is 30.9 Å². The SMILES string of the molecule is Cc1nccn1Cc1cccc(C(=O)N2CCC[C@@H](c3nccnc3Oc3ccccc3F)C2)c1. The fourth-order valence-corrected chi connectivity index (χ4v) is 4.46. The summed E-state index contributed by atoms with van der Waals surface area (Å²) in [5.74, 6) is 0.769. The molecule has 0 spiro atoms. The third kappa shape index (κ3) is 5.06. The van der Waals surface area contributed by atoms with Crippen LogP contribution in [0, 0.1) is 12.7 Å². The molecule has 0 bridgehead atoms. The summed E-state index contributed by atoms with van der Waals surface area (Å²) in [5, 5.41) is 0. The average Bonchev–Trinajstić information content (AvgIpc) is 3.29. The second kappa shape index (κ2) is 10.0. The van der Waals surface area contributed by atoms with E-state index < -0.39 is 5.82 Å². The predicted octanol–water partition coefficient (Wildman–Crippen LogP) is 4.98. The molecule has 1 aliphatic rings. The van der Waals surface area contributed by atoms with Gasteiger partial charge in [0.25, 0.3) is 5.91 Å². The molecule has 1 atom stereocenters. The number of imidazole rings is 1. The molecule has 2 aromatic carbocycles. The highest BCUT2D eigenvalue weighted by Crippen LogP contribution is 2.33. The Kier molecular flexibility index (Phi) is 6.52. The van der Waals surface area contributed by atoms with Crippen LogP contribution < -0.4 is 4.74 Å². The number of ether oxygens (including phenoxy) is 1. The molecule has 0 aliphatic carbocycles. The Hall–Kier alpha value is -4.07. The molecule has 2 aromatic heterocycles. The zero-order chi connectivity index (χ0) is 24.2. The van der Waals surface area contributed by atoms with Gasteiger partial charge in [0.1, 0.15) is 11.5 Å². The Morgan fingerprint density at radius 2 is 1.94 bits per heavy atom. The normalized spacial score (nSPS) is 15.7. The molecular formula is C27H26FN5O2. The monoisotopic (exact) mass is 471 g/mol. The molecule has 35 heavy (non-hydrogen) atoms. The number of piperidine rings is 1. The average molecular weight is 472 g/mol. The number of carbonyl (C=O) groups excluding carboxylic acids is 1. The molecule has 5 rings (SSSR count). The van der Waals surface area contributed by atoms with Gasteiger partial charge in [-0.3, -0.25) is 9.78 Å². The third-order valence-corrected chi connectivity index (χ3v) is 6.28. The summed E-state index contributed by atoms with van der Waals surface area (Å²) in [6.45, 7) is 3.78. The summed E-state index contributed by atoms with van der Waals surface area (Å²) in [6, 6.07) is 13.9. The summed E-state index contributed by atoms with van der Waals surface area (Å²) in [6.07, 6.45) is 8.51. The lowest BCUT2D eigenvalue weighted by atomic mass is 9.94. The number of para-hydroxylation sites is 1. The van der Waals surface area contributed by atoms with Gasteiger partial charge >= 0.3 is 0 Å². The molecule has 178 valence electrons. The van der Waals surface area contributed by atoms with Crippen molar-refractivity contribution in [2.45, 2.75) is 32.2 Å². The van der Waals surface area contributed by atoms with Crippen LogP contribution in [0.3, 0.4) is 0 Å². The van der Waals surface area contributed by atoms with E-state index in [0.717, 1.165) is 24.2 Å². The fourth-order valence-electron chi connectivity index (χ4n) is 4.46. The van der Waals surface area contributed by atoms with Crippen molar-refractivity contribution >= 4 is 5.91 Å². The number of aryl methyl sites for hydroxylation is 1. The maximum Gasteiger partial charge on any atom is 0.253 e. The van der Waals surface area contributed by atoms with Crippen LogP contribution in [0.15, 0.2) is 73.3 Å². The number of hydrogen-bond acceptors (Lipinski definition) is 5. The van der Waals surface area contributed by atoms with E-state index in [-0.39, 0.29) is 23.5 Å². The highest BCUT2D eigenvalue weighted by atomic mass is 19.1. The highest BCUT2D eigenvalue weighted by Gasteiger charge is 2.29. The second-order valence-corrected chi connectivity index (χ2v) is 8.67. The Morgan fingerprint density at radius 3 is 2.77 bits per heavy atom. The first-order valence-electron chi connectivity index (χ1n) is 11.7. The van der Waals surface area contributed by atoms with Crippen LogP contribution in [-0.4, -0.2) is 43.4 Å². The number of likely N-dealkylation sites (tertiary alicyclic amines) is 1. The minimum atomic E-state index is -0.463. The van der Waals surface area contributed by atoms with Crippen LogP contribution in [-0.2, 0) is 6.54 Å². The number of hydrogen-bond donors (Lipinski definition) is 0. The lowest BCUT2D eigenvalue weighted by Gasteiger charge is -2.33. The standard InChI is InChI=1S/C27H26FN5O2/c1-19-29-13-15-32(19)17-20-6-4-7-21(16-20)27(34)33-14-5-8-22(18-33)25-26(31-12-11-30-25)35-24-10-3-2-9-23(24)28/h2-4,6-7,9-13,15-16,22H,5,8,14,17-18H2,1H3/t22-/m1/s1. The van der Waals surface area contributed by atoms with Crippen LogP contribution in [0.1, 0.15) is 46.2 Å². The predicted molar refractivity (Wildman–Crippen MR) is 129 cm³/mol. The van der Waals surface area contributed by atoms with Gasteiger partial charge in [-0.15, -0.1) is 0 Å². The van der Waals surface area contributed by atoms with Crippen molar-refractivity contribution in [1.29, 1.82) is 0 Å². The van der Waals surface area contributed by atoms with E-state index in [9.17, 15) is 9.18 Å². The van der Waals surface area contributed by atoms with Crippen molar-refractivity contribution in [3.63, 3.8) is 0 Å². The van der Waals surface area contributed by atoms with E-state index in [4.69, 9.17) is 4.74 Å². The topological polar surface area (TPSA) is 73.1 Å². The van der Waals surface area contributed by atoms with Gasteiger partial charge in [0.05, 0.1) is 0 Å². The van der Waals surface area contributed by atoms with E-state index in [1.54, 1.807) is 30.6 Å². The Balaban J connectivity index is 1.33. The molecule has 0 saturated carbocycles. The maximum atomic E-state index is 14.1. The Labute approximate surface area is 203 Å². The molecule has 8 heteroatoms. The number of nitrogens with zero attached hydrogens (tertiary/aromatic N) is 5. The number of halogens is 1. The molecule has 1 fully saturated rings. The number of aromatic nitrogens is 4. The van der Waals surface area contributed by atoms with E-state index in [2.05, 4.69) is 15.0 Å². The molecule has 0 radical (unpaired) electrons. The minimum absolute atomic E-state index is 0.0145. The van der Waals surface area contributed by atoms with Gasteiger partial charge in [-0.2, -0.15) is 0 Å². The Morgan fingerprint density at radius 1 is 1.09 bits per heavy atom. The van der Waals surface area contributed by atoms with E-state index in [1.165, 1.54) is 12.3 Å². The van der Waals surface area contributed by atoms with Crippen LogP contribution in [0.5, 0.6) is 11.6 Å². The lowest BCUT2D eigenvalue weighted by molar-refractivity contribution is 0.0704. The van der Waals surface area contributed by atoms with Crippen molar-refractivity contribution in [2.24, 2.45) is 0 Å². The molecule has 4 aromatic rings. The van der Waals surface area contributed by atoms with Crippen LogP contribution in [0.4, 0.5) is 4.39 Å². The van der Waals surface area contributed by atoms with Gasteiger partial charge in [0, 0.05) is 55.9 Å². The lowest BCUT2D eigenvalue weighted by Crippen LogP contribution is -2.39. The van der Waals surface area contributed by atoms with Crippen LogP contribution in [0.2, 0.25) is 0 Å². The molecule has 1 amide bonds. The van der Waals surface area contributed by atoms with Gasteiger partial charge < -0.3 is 14.2 Å². The zero-order valence-electron chi connectivity index (χ0n) is 19.5. The van der Waals surface area contributed by atoms with Crippen molar-refractivity contribution in [3.8, 4) is 11.6 Å². The smallest absolute Gasteiger partial charge is 0.253 e. The molecule has 0 N–H and O–H groups in total. The minimum Gasteiger partial charge on any atom is -0.434 e.